The van der Waals surface area contributed by atoms with Crippen molar-refractivity contribution in [3.8, 4) is 11.5 Å². The number of pyridine rings is 1. The maximum atomic E-state index is 13.0. The zero-order valence-corrected chi connectivity index (χ0v) is 18.9. The van der Waals surface area contributed by atoms with Gasteiger partial charge in [-0.3, -0.25) is 0 Å². The summed E-state index contributed by atoms with van der Waals surface area (Å²) in [5, 5.41) is 0.425. The molecule has 1 aromatic carbocycles. The van der Waals surface area contributed by atoms with Gasteiger partial charge in [0.05, 0.1) is 30.3 Å². The van der Waals surface area contributed by atoms with Gasteiger partial charge in [-0.1, -0.05) is 30.7 Å². The lowest BCUT2D eigenvalue weighted by Gasteiger charge is -2.20. The number of hydrogen-bond donors (Lipinski definition) is 0. The highest BCUT2D eigenvalue weighted by atomic mass is 35.5. The first-order valence-corrected chi connectivity index (χ1v) is 11.3. The summed E-state index contributed by atoms with van der Waals surface area (Å²) in [6.07, 6.45) is 2.76. The Labute approximate surface area is 191 Å². The van der Waals surface area contributed by atoms with E-state index in [-0.39, 0.29) is 30.8 Å². The fourth-order valence-corrected chi connectivity index (χ4v) is 4.28. The zero-order chi connectivity index (χ0) is 22.9. The maximum absolute atomic E-state index is 13.0. The van der Waals surface area contributed by atoms with Crippen molar-refractivity contribution in [1.29, 1.82) is 0 Å². The number of halogens is 3. The number of nitrogens with zero attached hydrogens (tertiary/aromatic N) is 2. The van der Waals surface area contributed by atoms with Gasteiger partial charge in [-0.05, 0) is 30.5 Å². The quantitative estimate of drug-likeness (QED) is 0.490. The molecule has 0 spiro atoms. The van der Waals surface area contributed by atoms with Crippen LogP contribution in [-0.2, 0) is 4.79 Å². The number of carbonyl (C=O) groups excluding carboxylic acids is 1. The average molecular weight is 465 g/mol. The van der Waals surface area contributed by atoms with Gasteiger partial charge >= 0.3 is 0 Å². The van der Waals surface area contributed by atoms with Gasteiger partial charge in [-0.2, -0.15) is 0 Å². The second kappa shape index (κ2) is 9.22. The Morgan fingerprint density at radius 3 is 2.66 bits per heavy atom. The van der Waals surface area contributed by atoms with Crippen molar-refractivity contribution in [2.45, 2.75) is 51.1 Å². The fraction of sp³-hybridized carbons (Fsp3) is 0.500. The number of ether oxygens (including phenoxy) is 2. The molecule has 172 valence electrons. The Bertz CT molecular complexity index is 970. The molecule has 32 heavy (non-hydrogen) atoms. The van der Waals surface area contributed by atoms with Crippen LogP contribution in [0.3, 0.4) is 0 Å². The van der Waals surface area contributed by atoms with Crippen molar-refractivity contribution < 1.29 is 23.0 Å². The van der Waals surface area contributed by atoms with E-state index in [4.69, 9.17) is 21.1 Å². The molecule has 1 saturated heterocycles. The van der Waals surface area contributed by atoms with Gasteiger partial charge in [0.1, 0.15) is 29.2 Å². The molecule has 2 aliphatic rings. The number of benzene rings is 1. The van der Waals surface area contributed by atoms with Gasteiger partial charge in [0.25, 0.3) is 5.92 Å². The van der Waals surface area contributed by atoms with Gasteiger partial charge in [-0.25, -0.2) is 13.8 Å². The third kappa shape index (κ3) is 5.49. The number of anilines is 1. The second-order valence-electron chi connectivity index (χ2n) is 8.80. The van der Waals surface area contributed by atoms with Crippen LogP contribution in [0, 0.1) is 5.92 Å². The van der Waals surface area contributed by atoms with Crippen molar-refractivity contribution in [2.75, 3.05) is 24.6 Å². The minimum atomic E-state index is -2.60. The first kappa shape index (κ1) is 22.8. The molecule has 1 aliphatic heterocycles. The predicted octanol–water partition coefficient (Wildman–Crippen LogP) is 5.51. The summed E-state index contributed by atoms with van der Waals surface area (Å²) in [6.45, 7) is 5.01. The Morgan fingerprint density at radius 1 is 1.31 bits per heavy atom. The number of carbonyl (C=O) groups is 1. The topological polar surface area (TPSA) is 51.7 Å². The van der Waals surface area contributed by atoms with Gasteiger partial charge in [-0.15, -0.1) is 0 Å². The molecule has 1 aliphatic carbocycles. The lowest BCUT2D eigenvalue weighted by molar-refractivity contribution is -0.117. The SMILES string of the molecule is CC(=O)C[C@@H](C)c1ccc(OC2CCN(c3ncc(OCC4CC4(F)F)cc3Cl)C2)cc1. The number of aromatic nitrogens is 1. The fourth-order valence-electron chi connectivity index (χ4n) is 4.01. The average Bonchev–Trinajstić information content (AvgIpc) is 3.11. The number of ketones is 1. The summed E-state index contributed by atoms with van der Waals surface area (Å²) in [5.74, 6) is -1.14. The standard InChI is InChI=1S/C24H27ClF2N2O3/c1-15(9-16(2)30)17-3-5-19(6-4-17)32-20-7-8-29(13-20)23-22(25)10-21(12-28-23)31-14-18-11-24(18,26)27/h3-6,10,12,15,18,20H,7-9,11,13-14H2,1-2H3/t15-,18?,20?/m1/s1. The highest BCUT2D eigenvalue weighted by Gasteiger charge is 2.57. The molecule has 4 rings (SSSR count). The number of rotatable bonds is 9. The van der Waals surface area contributed by atoms with E-state index >= 15 is 0 Å². The Kier molecular flexibility index (Phi) is 6.56. The molecule has 2 aromatic rings. The molecule has 3 atom stereocenters. The summed E-state index contributed by atoms with van der Waals surface area (Å²) in [5.41, 5.74) is 1.12. The van der Waals surface area contributed by atoms with Crippen LogP contribution in [0.5, 0.6) is 11.5 Å². The molecular weight excluding hydrogens is 438 g/mol. The lowest BCUT2D eigenvalue weighted by atomic mass is 9.96. The molecular formula is C24H27ClF2N2O3. The van der Waals surface area contributed by atoms with Crippen LogP contribution < -0.4 is 14.4 Å². The van der Waals surface area contributed by atoms with Crippen LogP contribution >= 0.6 is 11.6 Å². The summed E-state index contributed by atoms with van der Waals surface area (Å²) in [6, 6.07) is 9.51. The molecule has 2 fully saturated rings. The van der Waals surface area contributed by atoms with E-state index in [0.29, 0.717) is 29.6 Å². The third-order valence-electron chi connectivity index (χ3n) is 5.99. The highest BCUT2D eigenvalue weighted by Crippen LogP contribution is 2.48. The molecule has 1 aromatic heterocycles. The van der Waals surface area contributed by atoms with E-state index < -0.39 is 11.8 Å². The highest BCUT2D eigenvalue weighted by molar-refractivity contribution is 6.33. The smallest absolute Gasteiger partial charge is 0.255 e. The Hall–Kier alpha value is -2.41. The second-order valence-corrected chi connectivity index (χ2v) is 9.21. The van der Waals surface area contributed by atoms with E-state index in [1.54, 1.807) is 13.0 Å². The monoisotopic (exact) mass is 464 g/mol. The minimum absolute atomic E-state index is 0.00128. The van der Waals surface area contributed by atoms with E-state index in [9.17, 15) is 13.6 Å². The molecule has 8 heteroatoms. The normalized spacial score (nSPS) is 22.5. The Balaban J connectivity index is 1.30. The van der Waals surface area contributed by atoms with Crippen LogP contribution in [0.4, 0.5) is 14.6 Å². The number of alkyl halides is 2. The largest absolute Gasteiger partial charge is 0.491 e. The summed E-state index contributed by atoms with van der Waals surface area (Å²) in [4.78, 5) is 17.8. The summed E-state index contributed by atoms with van der Waals surface area (Å²) < 4.78 is 37.5. The molecule has 5 nitrogen and oxygen atoms in total. The van der Waals surface area contributed by atoms with Gasteiger partial charge in [0.2, 0.25) is 0 Å². The van der Waals surface area contributed by atoms with E-state index in [2.05, 4.69) is 9.88 Å². The third-order valence-corrected chi connectivity index (χ3v) is 6.27. The van der Waals surface area contributed by atoms with Crippen molar-refractivity contribution in [3.05, 3.63) is 47.1 Å². The van der Waals surface area contributed by atoms with Crippen LogP contribution in [0.2, 0.25) is 5.02 Å². The van der Waals surface area contributed by atoms with Gasteiger partial charge in [0, 0.05) is 31.9 Å². The molecule has 0 amide bonds. The lowest BCUT2D eigenvalue weighted by Crippen LogP contribution is -2.25. The Morgan fingerprint density at radius 2 is 2.03 bits per heavy atom. The van der Waals surface area contributed by atoms with Crippen LogP contribution in [0.1, 0.15) is 44.6 Å². The van der Waals surface area contributed by atoms with Crippen molar-refractivity contribution in [3.63, 3.8) is 0 Å². The molecule has 2 unspecified atom stereocenters. The van der Waals surface area contributed by atoms with E-state index in [0.717, 1.165) is 24.3 Å². The number of hydrogen-bond acceptors (Lipinski definition) is 5. The first-order valence-electron chi connectivity index (χ1n) is 10.9. The minimum Gasteiger partial charge on any atom is -0.491 e. The van der Waals surface area contributed by atoms with Crippen molar-refractivity contribution in [1.82, 2.24) is 4.98 Å². The summed E-state index contributed by atoms with van der Waals surface area (Å²) >= 11 is 6.39. The maximum Gasteiger partial charge on any atom is 0.255 e. The molecule has 0 bridgehead atoms. The zero-order valence-electron chi connectivity index (χ0n) is 18.2. The van der Waals surface area contributed by atoms with E-state index in [1.807, 2.05) is 31.2 Å². The van der Waals surface area contributed by atoms with Crippen molar-refractivity contribution >= 4 is 23.2 Å². The van der Waals surface area contributed by atoms with Gasteiger partial charge in [0.15, 0.2) is 0 Å². The number of Topliss-reactive ketones (excluding diaryl/α,β-unsaturated/α-hetero) is 1. The molecule has 1 saturated carbocycles. The van der Waals surface area contributed by atoms with Crippen LogP contribution in [0.15, 0.2) is 36.5 Å². The molecule has 2 heterocycles. The molecule has 0 radical (unpaired) electrons. The first-order chi connectivity index (χ1) is 15.2. The van der Waals surface area contributed by atoms with Crippen LogP contribution in [0.25, 0.3) is 0 Å². The molecule has 0 N–H and O–H groups in total. The van der Waals surface area contributed by atoms with E-state index in [1.165, 1.54) is 6.20 Å². The van der Waals surface area contributed by atoms with Crippen molar-refractivity contribution in [2.24, 2.45) is 5.92 Å². The van der Waals surface area contributed by atoms with Gasteiger partial charge < -0.3 is 19.2 Å². The summed E-state index contributed by atoms with van der Waals surface area (Å²) in [7, 11) is 0. The van der Waals surface area contributed by atoms with Crippen LogP contribution in [-0.4, -0.2) is 42.5 Å². The predicted molar refractivity (Wildman–Crippen MR) is 119 cm³/mol.